The summed E-state index contributed by atoms with van der Waals surface area (Å²) in [5.74, 6) is -1.40. The van der Waals surface area contributed by atoms with Gasteiger partial charge in [-0.2, -0.15) is 0 Å². The lowest BCUT2D eigenvalue weighted by Gasteiger charge is -2.12. The molecule has 1 aliphatic carbocycles. The van der Waals surface area contributed by atoms with E-state index in [1.165, 1.54) is 0 Å². The number of alkyl carbamates (subject to hydrolysis) is 1. The van der Waals surface area contributed by atoms with Crippen molar-refractivity contribution in [3.8, 4) is 0 Å². The fourth-order valence-corrected chi connectivity index (χ4v) is 1.91. The number of hydrogen-bond acceptors (Lipinski definition) is 3. The van der Waals surface area contributed by atoms with Crippen molar-refractivity contribution in [3.05, 3.63) is 48.0 Å². The van der Waals surface area contributed by atoms with Crippen LogP contribution in [0.2, 0.25) is 0 Å². The average molecular weight is 261 g/mol. The van der Waals surface area contributed by atoms with Gasteiger partial charge in [0.05, 0.1) is 12.0 Å². The monoisotopic (exact) mass is 261 g/mol. The van der Waals surface area contributed by atoms with Crippen molar-refractivity contribution in [1.29, 1.82) is 0 Å². The lowest BCUT2D eigenvalue weighted by atomic mass is 10.1. The van der Waals surface area contributed by atoms with E-state index in [0.29, 0.717) is 6.42 Å². The molecule has 0 saturated heterocycles. The summed E-state index contributed by atoms with van der Waals surface area (Å²) < 4.78 is 5.05. The molecule has 0 saturated carbocycles. The zero-order chi connectivity index (χ0) is 13.7. The van der Waals surface area contributed by atoms with Crippen LogP contribution in [0.25, 0.3) is 0 Å². The second kappa shape index (κ2) is 6.04. The minimum atomic E-state index is -0.877. The molecule has 0 heterocycles. The van der Waals surface area contributed by atoms with E-state index in [0.717, 1.165) is 5.56 Å². The first-order valence-electron chi connectivity index (χ1n) is 6.03. The van der Waals surface area contributed by atoms with Crippen LogP contribution in [0.5, 0.6) is 0 Å². The quantitative estimate of drug-likeness (QED) is 0.812. The van der Waals surface area contributed by atoms with E-state index in [9.17, 15) is 9.59 Å². The number of hydrogen-bond donors (Lipinski definition) is 2. The maximum atomic E-state index is 11.5. The molecule has 2 N–H and O–H groups in total. The molecule has 1 aromatic rings. The maximum Gasteiger partial charge on any atom is 0.407 e. The first-order valence-corrected chi connectivity index (χ1v) is 6.03. The third-order valence-electron chi connectivity index (χ3n) is 2.92. The normalized spacial score (nSPS) is 21.1. The number of rotatable bonds is 4. The number of carbonyl (C=O) groups excluding carboxylic acids is 1. The Bertz CT molecular complexity index is 483. The molecular formula is C14H15NO4. The Kier molecular flexibility index (Phi) is 4.18. The summed E-state index contributed by atoms with van der Waals surface area (Å²) in [6.45, 7) is 0.200. The number of nitrogens with one attached hydrogen (secondary N) is 1. The van der Waals surface area contributed by atoms with Crippen molar-refractivity contribution in [1.82, 2.24) is 5.32 Å². The first-order chi connectivity index (χ1) is 9.15. The molecule has 5 heteroatoms. The van der Waals surface area contributed by atoms with Gasteiger partial charge in [-0.15, -0.1) is 0 Å². The van der Waals surface area contributed by atoms with Crippen molar-refractivity contribution in [2.75, 3.05) is 0 Å². The van der Waals surface area contributed by atoms with Crippen LogP contribution in [0.3, 0.4) is 0 Å². The molecule has 5 nitrogen and oxygen atoms in total. The Morgan fingerprint density at radius 2 is 2.00 bits per heavy atom. The summed E-state index contributed by atoms with van der Waals surface area (Å²) in [5, 5.41) is 11.4. The third kappa shape index (κ3) is 3.84. The minimum Gasteiger partial charge on any atom is -0.481 e. The number of carbonyl (C=O) groups is 2. The fraction of sp³-hybridized carbons (Fsp3) is 0.286. The summed E-state index contributed by atoms with van der Waals surface area (Å²) in [6, 6.07) is 9.08. The number of amides is 1. The number of ether oxygens (including phenoxy) is 1. The van der Waals surface area contributed by atoms with Gasteiger partial charge >= 0.3 is 12.1 Å². The Morgan fingerprint density at radius 3 is 2.63 bits per heavy atom. The molecule has 0 aliphatic heterocycles. The minimum absolute atomic E-state index is 0.200. The molecule has 1 aliphatic rings. The summed E-state index contributed by atoms with van der Waals surface area (Å²) in [4.78, 5) is 22.3. The van der Waals surface area contributed by atoms with Gasteiger partial charge in [0.1, 0.15) is 6.61 Å². The summed E-state index contributed by atoms with van der Waals surface area (Å²) in [6.07, 6.45) is 3.10. The molecular weight excluding hydrogens is 246 g/mol. The van der Waals surface area contributed by atoms with E-state index < -0.39 is 18.0 Å². The molecule has 100 valence electrons. The van der Waals surface area contributed by atoms with E-state index in [4.69, 9.17) is 9.84 Å². The lowest BCUT2D eigenvalue weighted by Crippen LogP contribution is -2.33. The average Bonchev–Trinajstić information content (AvgIpc) is 2.86. The zero-order valence-corrected chi connectivity index (χ0v) is 10.3. The van der Waals surface area contributed by atoms with Crippen LogP contribution in [-0.4, -0.2) is 23.2 Å². The van der Waals surface area contributed by atoms with Crippen LogP contribution in [0.1, 0.15) is 12.0 Å². The van der Waals surface area contributed by atoms with Crippen molar-refractivity contribution in [2.24, 2.45) is 5.92 Å². The molecule has 19 heavy (non-hydrogen) atoms. The largest absolute Gasteiger partial charge is 0.481 e. The van der Waals surface area contributed by atoms with Crippen LogP contribution in [0.15, 0.2) is 42.5 Å². The van der Waals surface area contributed by atoms with E-state index in [1.54, 1.807) is 12.2 Å². The molecule has 2 atom stereocenters. The Hall–Kier alpha value is -2.30. The van der Waals surface area contributed by atoms with Crippen molar-refractivity contribution >= 4 is 12.1 Å². The van der Waals surface area contributed by atoms with Crippen LogP contribution < -0.4 is 5.32 Å². The molecule has 1 amide bonds. The summed E-state index contributed by atoms with van der Waals surface area (Å²) in [5.41, 5.74) is 0.906. The van der Waals surface area contributed by atoms with Gasteiger partial charge in [0.15, 0.2) is 0 Å². The van der Waals surface area contributed by atoms with Gasteiger partial charge in [0.25, 0.3) is 0 Å². The van der Waals surface area contributed by atoms with Crippen molar-refractivity contribution in [2.45, 2.75) is 19.1 Å². The predicted octanol–water partition coefficient (Wildman–Crippen LogP) is 1.94. The van der Waals surface area contributed by atoms with Crippen LogP contribution in [0, 0.1) is 5.92 Å². The molecule has 0 unspecified atom stereocenters. The SMILES string of the molecule is O=C(N[C@H]1C=C[C@@H](C(=O)O)C1)OCc1ccccc1. The number of aliphatic carboxylic acids is 1. The molecule has 0 radical (unpaired) electrons. The van der Waals surface area contributed by atoms with Gasteiger partial charge < -0.3 is 15.2 Å². The highest BCUT2D eigenvalue weighted by molar-refractivity contribution is 5.74. The second-order valence-electron chi connectivity index (χ2n) is 4.38. The number of benzene rings is 1. The van der Waals surface area contributed by atoms with E-state index in [-0.39, 0.29) is 12.6 Å². The van der Waals surface area contributed by atoms with Gasteiger partial charge in [0.2, 0.25) is 0 Å². The smallest absolute Gasteiger partial charge is 0.407 e. The highest BCUT2D eigenvalue weighted by Crippen LogP contribution is 2.18. The van der Waals surface area contributed by atoms with Crippen molar-refractivity contribution < 1.29 is 19.4 Å². The molecule has 1 aromatic carbocycles. The standard InChI is InChI=1S/C14H15NO4/c16-13(17)11-6-7-12(8-11)15-14(18)19-9-10-4-2-1-3-5-10/h1-7,11-12H,8-9H2,(H,15,18)(H,16,17)/t11-,12+/m1/s1. The number of carboxylic acids is 1. The lowest BCUT2D eigenvalue weighted by molar-refractivity contribution is -0.140. The van der Waals surface area contributed by atoms with Crippen LogP contribution >= 0.6 is 0 Å². The third-order valence-corrected chi connectivity index (χ3v) is 2.92. The van der Waals surface area contributed by atoms with Gasteiger partial charge in [-0.05, 0) is 12.0 Å². The van der Waals surface area contributed by atoms with Gasteiger partial charge in [-0.1, -0.05) is 42.5 Å². The van der Waals surface area contributed by atoms with Gasteiger partial charge in [-0.25, -0.2) is 4.79 Å². The topological polar surface area (TPSA) is 75.6 Å². The molecule has 2 rings (SSSR count). The van der Waals surface area contributed by atoms with Crippen molar-refractivity contribution in [3.63, 3.8) is 0 Å². The molecule has 0 fully saturated rings. The molecule has 0 spiro atoms. The van der Waals surface area contributed by atoms with Crippen LogP contribution in [0.4, 0.5) is 4.79 Å². The zero-order valence-electron chi connectivity index (χ0n) is 10.3. The Morgan fingerprint density at radius 1 is 1.26 bits per heavy atom. The molecule has 0 aromatic heterocycles. The Labute approximate surface area is 110 Å². The van der Waals surface area contributed by atoms with Gasteiger partial charge in [0, 0.05) is 0 Å². The summed E-state index contributed by atoms with van der Waals surface area (Å²) in [7, 11) is 0. The maximum absolute atomic E-state index is 11.5. The Balaban J connectivity index is 1.74. The predicted molar refractivity (Wildman–Crippen MR) is 68.4 cm³/mol. The van der Waals surface area contributed by atoms with Gasteiger partial charge in [-0.3, -0.25) is 4.79 Å². The summed E-state index contributed by atoms with van der Waals surface area (Å²) >= 11 is 0. The fourth-order valence-electron chi connectivity index (χ4n) is 1.91. The first kappa shape index (κ1) is 13.1. The second-order valence-corrected chi connectivity index (χ2v) is 4.38. The highest BCUT2D eigenvalue weighted by Gasteiger charge is 2.25. The van der Waals surface area contributed by atoms with E-state index >= 15 is 0 Å². The number of carboxylic acid groups (broad SMARTS) is 1. The molecule has 0 bridgehead atoms. The van der Waals surface area contributed by atoms with Crippen LogP contribution in [-0.2, 0) is 16.1 Å². The van der Waals surface area contributed by atoms with E-state index in [1.807, 2.05) is 30.3 Å². The highest BCUT2D eigenvalue weighted by atomic mass is 16.5. The van der Waals surface area contributed by atoms with E-state index in [2.05, 4.69) is 5.32 Å².